The van der Waals surface area contributed by atoms with E-state index >= 15 is 0 Å². The van der Waals surface area contributed by atoms with E-state index in [9.17, 15) is 14.9 Å². The molecule has 0 aliphatic carbocycles. The van der Waals surface area contributed by atoms with Gasteiger partial charge in [0.05, 0.1) is 16.3 Å². The molecule has 1 aliphatic heterocycles. The van der Waals surface area contributed by atoms with E-state index in [1.807, 2.05) is 29.6 Å². The van der Waals surface area contributed by atoms with Crippen LogP contribution in [0.5, 0.6) is 0 Å². The highest BCUT2D eigenvalue weighted by Gasteiger charge is 2.36. The first kappa shape index (κ1) is 20.0. The molecular formula is C19H13BrN6O3S. The normalized spacial score (nSPS) is 16.3. The number of aromatic nitrogens is 1. The van der Waals surface area contributed by atoms with Gasteiger partial charge in [0.1, 0.15) is 0 Å². The summed E-state index contributed by atoms with van der Waals surface area (Å²) in [7, 11) is 0. The van der Waals surface area contributed by atoms with Crippen LogP contribution < -0.4 is 5.01 Å². The third kappa shape index (κ3) is 3.89. The van der Waals surface area contributed by atoms with Crippen LogP contribution >= 0.6 is 27.3 Å². The molecule has 150 valence electrons. The Hall–Kier alpha value is -3.31. The third-order valence-corrected chi connectivity index (χ3v) is 5.61. The van der Waals surface area contributed by atoms with Crippen LogP contribution in [0.3, 0.4) is 0 Å². The van der Waals surface area contributed by atoms with E-state index in [1.165, 1.54) is 34.5 Å². The molecule has 1 aromatic heterocycles. The molecule has 9 nitrogen and oxygen atoms in total. The van der Waals surface area contributed by atoms with Gasteiger partial charge in [0, 0.05) is 21.5 Å². The fraction of sp³-hybridized carbons (Fsp3) is 0.105. The molecule has 3 aromatic rings. The van der Waals surface area contributed by atoms with Crippen molar-refractivity contribution >= 4 is 55.4 Å². The van der Waals surface area contributed by atoms with Crippen LogP contribution in [0, 0.1) is 10.1 Å². The number of rotatable bonds is 5. The van der Waals surface area contributed by atoms with Crippen LogP contribution in [0.15, 0.2) is 73.7 Å². The quantitative estimate of drug-likeness (QED) is 0.275. The number of para-hydroxylation sites is 1. The summed E-state index contributed by atoms with van der Waals surface area (Å²) >= 11 is 4.68. The Morgan fingerprint density at radius 1 is 1.20 bits per heavy atom. The van der Waals surface area contributed by atoms with Crippen LogP contribution in [0.25, 0.3) is 11.3 Å². The van der Waals surface area contributed by atoms with Gasteiger partial charge in [0.15, 0.2) is 11.7 Å². The molecule has 0 fully saturated rings. The maximum Gasteiger partial charge on any atom is 0.296 e. The van der Waals surface area contributed by atoms with Crippen molar-refractivity contribution < 1.29 is 9.72 Å². The van der Waals surface area contributed by atoms with Gasteiger partial charge in [-0.05, 0) is 25.1 Å². The highest BCUT2D eigenvalue weighted by molar-refractivity contribution is 9.10. The van der Waals surface area contributed by atoms with Gasteiger partial charge in [-0.3, -0.25) is 14.9 Å². The zero-order chi connectivity index (χ0) is 21.3. The number of azo groups is 1. The molecule has 30 heavy (non-hydrogen) atoms. The number of nitro groups is 1. The van der Waals surface area contributed by atoms with Crippen molar-refractivity contribution in [2.75, 3.05) is 5.01 Å². The lowest BCUT2D eigenvalue weighted by Gasteiger charge is -2.08. The molecule has 1 aliphatic rings. The minimum Gasteiger partial charge on any atom is -0.269 e. The second-order valence-corrected chi connectivity index (χ2v) is 8.03. The Labute approximate surface area is 183 Å². The SMILES string of the molecule is CC1=NN(c2nc(-c3ccc(Br)cc3)cs2)C(=O)C1N=Nc1ccccc1[N+](=O)[O-]. The van der Waals surface area contributed by atoms with Crippen molar-refractivity contribution in [3.8, 4) is 11.3 Å². The Bertz CT molecular complexity index is 1190. The lowest BCUT2D eigenvalue weighted by Crippen LogP contribution is -2.29. The van der Waals surface area contributed by atoms with Crippen molar-refractivity contribution in [1.29, 1.82) is 0 Å². The fourth-order valence-electron chi connectivity index (χ4n) is 2.76. The minimum atomic E-state index is -0.954. The van der Waals surface area contributed by atoms with Crippen molar-refractivity contribution in [3.05, 3.63) is 68.5 Å². The summed E-state index contributed by atoms with van der Waals surface area (Å²) in [6.07, 6.45) is 0. The number of anilines is 1. The van der Waals surface area contributed by atoms with Crippen molar-refractivity contribution in [2.24, 2.45) is 15.3 Å². The van der Waals surface area contributed by atoms with Crippen LogP contribution in [-0.2, 0) is 4.79 Å². The van der Waals surface area contributed by atoms with Gasteiger partial charge in [0.2, 0.25) is 5.13 Å². The summed E-state index contributed by atoms with van der Waals surface area (Å²) in [5.41, 5.74) is 1.97. The summed E-state index contributed by atoms with van der Waals surface area (Å²) < 4.78 is 0.962. The number of halogens is 1. The summed E-state index contributed by atoms with van der Waals surface area (Å²) in [5.74, 6) is -0.411. The number of nitro benzene ring substituents is 1. The maximum atomic E-state index is 12.8. The first-order valence-electron chi connectivity index (χ1n) is 8.69. The van der Waals surface area contributed by atoms with Gasteiger partial charge in [-0.1, -0.05) is 40.2 Å². The van der Waals surface area contributed by atoms with Gasteiger partial charge in [-0.15, -0.1) is 16.5 Å². The average molecular weight is 485 g/mol. The topological polar surface area (TPSA) is 113 Å². The van der Waals surface area contributed by atoms with Gasteiger partial charge in [-0.2, -0.15) is 15.2 Å². The summed E-state index contributed by atoms with van der Waals surface area (Å²) in [5, 5.41) is 26.8. The van der Waals surface area contributed by atoms with Crippen molar-refractivity contribution in [3.63, 3.8) is 0 Å². The summed E-state index contributed by atoms with van der Waals surface area (Å²) in [6, 6.07) is 12.7. The lowest BCUT2D eigenvalue weighted by molar-refractivity contribution is -0.384. The molecule has 0 saturated carbocycles. The minimum absolute atomic E-state index is 0.0772. The molecule has 0 N–H and O–H groups in total. The molecule has 11 heteroatoms. The Balaban J connectivity index is 1.56. The number of carbonyl (C=O) groups excluding carboxylic acids is 1. The molecule has 0 saturated heterocycles. The molecule has 2 heterocycles. The number of hydrogen-bond acceptors (Lipinski definition) is 8. The van der Waals surface area contributed by atoms with E-state index in [1.54, 1.807) is 13.0 Å². The molecule has 2 aromatic carbocycles. The number of carbonyl (C=O) groups is 1. The number of hydrazone groups is 1. The molecule has 1 unspecified atom stereocenters. The standard InChI is InChI=1S/C19H13BrN6O3S/c1-11-17(23-22-14-4-2-3-5-16(14)26(28)29)18(27)25(24-11)19-21-15(10-30-19)12-6-8-13(20)9-7-12/h2-10,17H,1H3. The number of thiazole rings is 1. The average Bonchev–Trinajstić information content (AvgIpc) is 3.32. The second kappa shape index (κ2) is 8.20. The van der Waals surface area contributed by atoms with Crippen LogP contribution in [0.2, 0.25) is 0 Å². The van der Waals surface area contributed by atoms with E-state index < -0.39 is 16.9 Å². The van der Waals surface area contributed by atoms with E-state index in [4.69, 9.17) is 0 Å². The molecule has 0 radical (unpaired) electrons. The predicted octanol–water partition coefficient (Wildman–Crippen LogP) is 5.36. The Morgan fingerprint density at radius 3 is 2.67 bits per heavy atom. The van der Waals surface area contributed by atoms with E-state index in [-0.39, 0.29) is 11.4 Å². The zero-order valence-electron chi connectivity index (χ0n) is 15.5. The summed E-state index contributed by atoms with van der Waals surface area (Å²) in [4.78, 5) is 27.9. The van der Waals surface area contributed by atoms with Crippen LogP contribution in [0.4, 0.5) is 16.5 Å². The Kier molecular flexibility index (Phi) is 5.46. The largest absolute Gasteiger partial charge is 0.296 e. The molecular weight excluding hydrogens is 472 g/mol. The number of hydrogen-bond donors (Lipinski definition) is 0. The molecule has 4 rings (SSSR count). The fourth-order valence-corrected chi connectivity index (χ4v) is 3.82. The number of nitrogens with zero attached hydrogens (tertiary/aromatic N) is 6. The van der Waals surface area contributed by atoms with Crippen LogP contribution in [0.1, 0.15) is 6.92 Å². The molecule has 1 atom stereocenters. The highest BCUT2D eigenvalue weighted by Crippen LogP contribution is 2.32. The lowest BCUT2D eigenvalue weighted by atomic mass is 10.2. The maximum absolute atomic E-state index is 12.8. The molecule has 1 amide bonds. The zero-order valence-corrected chi connectivity index (χ0v) is 17.9. The molecule has 0 spiro atoms. The highest BCUT2D eigenvalue weighted by atomic mass is 79.9. The van der Waals surface area contributed by atoms with Gasteiger partial charge in [-0.25, -0.2) is 4.98 Å². The van der Waals surface area contributed by atoms with Crippen LogP contribution in [-0.4, -0.2) is 27.6 Å². The Morgan fingerprint density at radius 2 is 1.93 bits per heavy atom. The second-order valence-electron chi connectivity index (χ2n) is 6.28. The number of benzene rings is 2. The van der Waals surface area contributed by atoms with Gasteiger partial charge in [0.25, 0.3) is 11.6 Å². The monoisotopic (exact) mass is 484 g/mol. The van der Waals surface area contributed by atoms with E-state index in [0.29, 0.717) is 10.8 Å². The summed E-state index contributed by atoms with van der Waals surface area (Å²) in [6.45, 7) is 1.66. The first-order chi connectivity index (χ1) is 14.4. The van der Waals surface area contributed by atoms with Crippen molar-refractivity contribution in [1.82, 2.24) is 4.98 Å². The molecule has 0 bridgehead atoms. The number of amides is 1. The third-order valence-electron chi connectivity index (χ3n) is 4.27. The van der Waals surface area contributed by atoms with E-state index in [2.05, 4.69) is 36.2 Å². The van der Waals surface area contributed by atoms with Gasteiger partial charge < -0.3 is 0 Å². The first-order valence-corrected chi connectivity index (χ1v) is 10.4. The van der Waals surface area contributed by atoms with Crippen molar-refractivity contribution in [2.45, 2.75) is 13.0 Å². The predicted molar refractivity (Wildman–Crippen MR) is 117 cm³/mol. The smallest absolute Gasteiger partial charge is 0.269 e. The van der Waals surface area contributed by atoms with Gasteiger partial charge >= 0.3 is 0 Å². The van der Waals surface area contributed by atoms with E-state index in [0.717, 1.165) is 15.7 Å².